The highest BCUT2D eigenvalue weighted by atomic mass is 16.5. The molecule has 3 amide bonds. The van der Waals surface area contributed by atoms with Crippen molar-refractivity contribution in [3.05, 3.63) is 54.1 Å². The zero-order chi connectivity index (χ0) is 17.5. The van der Waals surface area contributed by atoms with E-state index in [4.69, 9.17) is 4.74 Å². The average Bonchev–Trinajstić information content (AvgIpc) is 2.55. The van der Waals surface area contributed by atoms with Crippen molar-refractivity contribution in [2.24, 2.45) is 0 Å². The highest BCUT2D eigenvalue weighted by molar-refractivity contribution is 5.95. The first kappa shape index (κ1) is 17.3. The van der Waals surface area contributed by atoms with Crippen LogP contribution in [0, 0.1) is 6.92 Å². The first-order valence-corrected chi connectivity index (χ1v) is 7.61. The summed E-state index contributed by atoms with van der Waals surface area (Å²) in [5.74, 6) is 0.376. The Morgan fingerprint density at radius 2 is 1.67 bits per heavy atom. The van der Waals surface area contributed by atoms with Crippen molar-refractivity contribution < 1.29 is 14.3 Å². The molecule has 0 radical (unpaired) electrons. The van der Waals surface area contributed by atoms with Crippen molar-refractivity contribution in [2.45, 2.75) is 20.0 Å². The molecular weight excluding hydrogens is 306 g/mol. The van der Waals surface area contributed by atoms with Gasteiger partial charge in [-0.3, -0.25) is 4.79 Å². The Kier molecular flexibility index (Phi) is 5.78. The third kappa shape index (κ3) is 5.01. The fourth-order valence-corrected chi connectivity index (χ4v) is 2.06. The molecule has 0 aliphatic carbocycles. The molecule has 0 saturated heterocycles. The van der Waals surface area contributed by atoms with Gasteiger partial charge in [-0.2, -0.15) is 0 Å². The maximum absolute atomic E-state index is 12.3. The number of ether oxygens (including phenoxy) is 1. The lowest BCUT2D eigenvalue weighted by molar-refractivity contribution is -0.122. The number of benzene rings is 2. The molecule has 2 rings (SSSR count). The zero-order valence-electron chi connectivity index (χ0n) is 13.9. The molecule has 0 aromatic heterocycles. The van der Waals surface area contributed by atoms with Crippen LogP contribution in [0.3, 0.4) is 0 Å². The summed E-state index contributed by atoms with van der Waals surface area (Å²) in [6, 6.07) is 14.1. The predicted molar refractivity (Wildman–Crippen MR) is 94.4 cm³/mol. The van der Waals surface area contributed by atoms with Gasteiger partial charge in [-0.15, -0.1) is 0 Å². The van der Waals surface area contributed by atoms with Crippen LogP contribution in [0.25, 0.3) is 0 Å². The number of carbonyl (C=O) groups excluding carboxylic acids is 2. The van der Waals surface area contributed by atoms with Crippen molar-refractivity contribution in [3.8, 4) is 5.75 Å². The highest BCUT2D eigenvalue weighted by Crippen LogP contribution is 2.17. The Bertz CT molecular complexity index is 731. The summed E-state index contributed by atoms with van der Waals surface area (Å²) >= 11 is 0. The second-order valence-electron chi connectivity index (χ2n) is 5.35. The van der Waals surface area contributed by atoms with Gasteiger partial charge in [0.05, 0.1) is 0 Å². The number of nitrogens with one attached hydrogen (secondary N) is 3. The third-order valence-corrected chi connectivity index (χ3v) is 3.29. The van der Waals surface area contributed by atoms with Gasteiger partial charge in [0.15, 0.2) is 6.10 Å². The van der Waals surface area contributed by atoms with E-state index in [0.29, 0.717) is 17.1 Å². The minimum atomic E-state index is -0.651. The number of urea groups is 1. The van der Waals surface area contributed by atoms with Crippen molar-refractivity contribution in [1.82, 2.24) is 5.32 Å². The van der Waals surface area contributed by atoms with Gasteiger partial charge in [-0.25, -0.2) is 4.79 Å². The molecule has 0 aliphatic heterocycles. The summed E-state index contributed by atoms with van der Waals surface area (Å²) < 4.78 is 5.65. The van der Waals surface area contributed by atoms with Gasteiger partial charge in [0.1, 0.15) is 5.75 Å². The minimum Gasteiger partial charge on any atom is -0.481 e. The number of rotatable bonds is 5. The van der Waals surface area contributed by atoms with Gasteiger partial charge in [0.2, 0.25) is 0 Å². The lowest BCUT2D eigenvalue weighted by Gasteiger charge is -2.15. The highest BCUT2D eigenvalue weighted by Gasteiger charge is 2.15. The van der Waals surface area contributed by atoms with Crippen LogP contribution < -0.4 is 20.7 Å². The zero-order valence-corrected chi connectivity index (χ0v) is 13.9. The van der Waals surface area contributed by atoms with Gasteiger partial charge in [-0.1, -0.05) is 18.2 Å². The van der Waals surface area contributed by atoms with E-state index in [2.05, 4.69) is 16.0 Å². The van der Waals surface area contributed by atoms with Crippen LogP contribution in [0.5, 0.6) is 5.75 Å². The number of carbonyl (C=O) groups is 2. The van der Waals surface area contributed by atoms with Crippen molar-refractivity contribution in [2.75, 3.05) is 17.7 Å². The number of amides is 3. The van der Waals surface area contributed by atoms with Gasteiger partial charge < -0.3 is 20.7 Å². The lowest BCUT2D eigenvalue weighted by Crippen LogP contribution is -2.30. The third-order valence-electron chi connectivity index (χ3n) is 3.29. The molecule has 1 unspecified atom stereocenters. The quantitative estimate of drug-likeness (QED) is 0.789. The SMILES string of the molecule is CNC(=O)Nc1cccc(NC(=O)C(C)Oc2cccc(C)c2)c1. The van der Waals surface area contributed by atoms with E-state index < -0.39 is 6.10 Å². The predicted octanol–water partition coefficient (Wildman–Crippen LogP) is 3.15. The molecule has 6 nitrogen and oxygen atoms in total. The topological polar surface area (TPSA) is 79.5 Å². The van der Waals surface area contributed by atoms with E-state index in [0.717, 1.165) is 5.56 Å². The molecule has 0 spiro atoms. The Morgan fingerprint density at radius 3 is 2.33 bits per heavy atom. The lowest BCUT2D eigenvalue weighted by atomic mass is 10.2. The Hall–Kier alpha value is -3.02. The summed E-state index contributed by atoms with van der Waals surface area (Å²) in [5, 5.41) is 7.89. The monoisotopic (exact) mass is 327 g/mol. The van der Waals surface area contributed by atoms with E-state index >= 15 is 0 Å². The maximum atomic E-state index is 12.3. The van der Waals surface area contributed by atoms with E-state index in [-0.39, 0.29) is 11.9 Å². The molecule has 24 heavy (non-hydrogen) atoms. The molecule has 0 saturated carbocycles. The van der Waals surface area contributed by atoms with Crippen molar-refractivity contribution >= 4 is 23.3 Å². The molecule has 6 heteroatoms. The molecule has 0 heterocycles. The maximum Gasteiger partial charge on any atom is 0.318 e. The first-order chi connectivity index (χ1) is 11.5. The molecule has 1 atom stereocenters. The molecule has 2 aromatic rings. The van der Waals surface area contributed by atoms with Gasteiger partial charge in [-0.05, 0) is 49.7 Å². The summed E-state index contributed by atoms with van der Waals surface area (Å²) in [7, 11) is 1.53. The molecular formula is C18H21N3O3. The summed E-state index contributed by atoms with van der Waals surface area (Å²) in [6.07, 6.45) is -0.651. The van der Waals surface area contributed by atoms with Crippen LogP contribution in [-0.2, 0) is 4.79 Å². The van der Waals surface area contributed by atoms with Crippen LogP contribution in [0.2, 0.25) is 0 Å². The van der Waals surface area contributed by atoms with Gasteiger partial charge >= 0.3 is 6.03 Å². The van der Waals surface area contributed by atoms with Gasteiger partial charge in [0, 0.05) is 18.4 Å². The van der Waals surface area contributed by atoms with Crippen molar-refractivity contribution in [1.29, 1.82) is 0 Å². The molecule has 126 valence electrons. The molecule has 2 aromatic carbocycles. The van der Waals surface area contributed by atoms with Crippen LogP contribution >= 0.6 is 0 Å². The standard InChI is InChI=1S/C18H21N3O3/c1-12-6-4-9-16(10-12)24-13(2)17(22)20-14-7-5-8-15(11-14)21-18(23)19-3/h4-11,13H,1-3H3,(H,20,22)(H2,19,21,23). The second-order valence-corrected chi connectivity index (χ2v) is 5.35. The smallest absolute Gasteiger partial charge is 0.318 e. The average molecular weight is 327 g/mol. The van der Waals surface area contributed by atoms with E-state index in [1.165, 1.54) is 7.05 Å². The van der Waals surface area contributed by atoms with Crippen LogP contribution in [-0.4, -0.2) is 25.1 Å². The van der Waals surface area contributed by atoms with Crippen LogP contribution in [0.4, 0.5) is 16.2 Å². The number of aryl methyl sites for hydroxylation is 1. The summed E-state index contributed by atoms with van der Waals surface area (Å²) in [6.45, 7) is 3.65. The summed E-state index contributed by atoms with van der Waals surface area (Å²) in [4.78, 5) is 23.6. The largest absolute Gasteiger partial charge is 0.481 e. The fraction of sp³-hybridized carbons (Fsp3) is 0.222. The van der Waals surface area contributed by atoms with Gasteiger partial charge in [0.25, 0.3) is 5.91 Å². The molecule has 0 fully saturated rings. The van der Waals surface area contributed by atoms with Crippen LogP contribution in [0.15, 0.2) is 48.5 Å². The molecule has 0 bridgehead atoms. The minimum absolute atomic E-state index is 0.270. The first-order valence-electron chi connectivity index (χ1n) is 7.61. The molecule has 0 aliphatic rings. The van der Waals surface area contributed by atoms with Crippen molar-refractivity contribution in [3.63, 3.8) is 0 Å². The fourth-order valence-electron chi connectivity index (χ4n) is 2.06. The van der Waals surface area contributed by atoms with E-state index in [1.54, 1.807) is 31.2 Å². The summed E-state index contributed by atoms with van der Waals surface area (Å²) in [5.41, 5.74) is 2.22. The van der Waals surface area contributed by atoms with Crippen LogP contribution in [0.1, 0.15) is 12.5 Å². The Morgan fingerprint density at radius 1 is 1.00 bits per heavy atom. The number of hydrogen-bond acceptors (Lipinski definition) is 3. The number of anilines is 2. The van der Waals surface area contributed by atoms with E-state index in [1.807, 2.05) is 31.2 Å². The van der Waals surface area contributed by atoms with E-state index in [9.17, 15) is 9.59 Å². The molecule has 3 N–H and O–H groups in total. The normalized spacial score (nSPS) is 11.3. The Labute approximate surface area is 141 Å². The second kappa shape index (κ2) is 8.01. The number of hydrogen-bond donors (Lipinski definition) is 3. The Balaban J connectivity index is 1.98.